The van der Waals surface area contributed by atoms with Gasteiger partial charge in [0.15, 0.2) is 11.5 Å². The van der Waals surface area contributed by atoms with Crippen LogP contribution in [0.1, 0.15) is 25.3 Å². The number of unbranched alkanes of at least 4 members (excludes halogenated alkanes) is 1. The van der Waals surface area contributed by atoms with Gasteiger partial charge in [-0.25, -0.2) is 0 Å². The topological polar surface area (TPSA) is 68.6 Å². The van der Waals surface area contributed by atoms with Gasteiger partial charge in [-0.15, -0.1) is 0 Å². The molecule has 0 bridgehead atoms. The van der Waals surface area contributed by atoms with Crippen LogP contribution in [0.15, 0.2) is 52.4 Å². The maximum atomic E-state index is 12.6. The summed E-state index contributed by atoms with van der Waals surface area (Å²) in [5.74, 6) is 1.30. The molecule has 6 nitrogen and oxygen atoms in total. The Bertz CT molecular complexity index is 1090. The molecule has 1 heterocycles. The molecular formula is C20H21N3O3S. The summed E-state index contributed by atoms with van der Waals surface area (Å²) >= 11 is 5.26. The van der Waals surface area contributed by atoms with Gasteiger partial charge in [0.25, 0.3) is 5.56 Å². The van der Waals surface area contributed by atoms with Gasteiger partial charge >= 0.3 is 0 Å². The van der Waals surface area contributed by atoms with E-state index in [2.05, 4.69) is 17.0 Å². The van der Waals surface area contributed by atoms with Crippen molar-refractivity contribution in [3.63, 3.8) is 0 Å². The predicted molar refractivity (Wildman–Crippen MR) is 110 cm³/mol. The number of hydrogen-bond donors (Lipinski definition) is 1. The van der Waals surface area contributed by atoms with Crippen molar-refractivity contribution in [2.24, 2.45) is 5.10 Å². The van der Waals surface area contributed by atoms with Crippen molar-refractivity contribution in [2.75, 3.05) is 13.7 Å². The molecule has 0 spiro atoms. The Morgan fingerprint density at radius 2 is 2.04 bits per heavy atom. The Kier molecular flexibility index (Phi) is 6.03. The van der Waals surface area contributed by atoms with E-state index >= 15 is 0 Å². The molecule has 1 aromatic heterocycles. The summed E-state index contributed by atoms with van der Waals surface area (Å²) in [6.45, 7) is 2.75. The van der Waals surface area contributed by atoms with Crippen molar-refractivity contribution in [2.45, 2.75) is 19.8 Å². The minimum absolute atomic E-state index is 0.237. The van der Waals surface area contributed by atoms with E-state index in [0.29, 0.717) is 29.0 Å². The Morgan fingerprint density at radius 1 is 1.22 bits per heavy atom. The van der Waals surface area contributed by atoms with Crippen molar-refractivity contribution in [1.29, 1.82) is 0 Å². The van der Waals surface area contributed by atoms with Crippen molar-refractivity contribution >= 4 is 29.3 Å². The summed E-state index contributed by atoms with van der Waals surface area (Å²) < 4.78 is 12.5. The first kappa shape index (κ1) is 18.8. The van der Waals surface area contributed by atoms with Gasteiger partial charge in [0.1, 0.15) is 0 Å². The van der Waals surface area contributed by atoms with E-state index in [4.69, 9.17) is 21.7 Å². The average molecular weight is 383 g/mol. The van der Waals surface area contributed by atoms with Gasteiger partial charge in [0.05, 0.1) is 30.8 Å². The fourth-order valence-corrected chi connectivity index (χ4v) is 2.83. The molecule has 2 aromatic carbocycles. The van der Waals surface area contributed by atoms with Crippen molar-refractivity contribution in [3.8, 4) is 11.5 Å². The molecule has 140 valence electrons. The number of methoxy groups -OCH3 is 1. The lowest BCUT2D eigenvalue weighted by molar-refractivity contribution is 0.288. The largest absolute Gasteiger partial charge is 0.493 e. The number of para-hydroxylation sites is 1. The molecular weight excluding hydrogens is 362 g/mol. The van der Waals surface area contributed by atoms with Crippen LogP contribution in [0.3, 0.4) is 0 Å². The van der Waals surface area contributed by atoms with Crippen molar-refractivity contribution in [1.82, 2.24) is 9.66 Å². The number of H-pyrrole nitrogens is 1. The molecule has 3 aromatic rings. The van der Waals surface area contributed by atoms with Crippen molar-refractivity contribution in [3.05, 3.63) is 63.2 Å². The SMILES string of the molecule is CCCCOc1ccc(/C=N\n2c(=S)[nH]c3ccccc3c2=O)cc1OC. The first-order valence-corrected chi connectivity index (χ1v) is 9.14. The standard InChI is InChI=1S/C20H21N3O3S/c1-3-4-11-26-17-10-9-14(12-18(17)25-2)13-21-23-19(24)15-7-5-6-8-16(15)22-20(23)27/h5-10,12-13H,3-4,11H2,1-2H3,(H,22,27)/b21-13-. The molecule has 0 atom stereocenters. The summed E-state index contributed by atoms with van der Waals surface area (Å²) in [7, 11) is 1.59. The Hall–Kier alpha value is -2.93. The normalized spacial score (nSPS) is 11.2. The molecule has 27 heavy (non-hydrogen) atoms. The fourth-order valence-electron chi connectivity index (χ4n) is 2.59. The molecule has 0 fully saturated rings. The molecule has 0 aliphatic carbocycles. The Morgan fingerprint density at radius 3 is 2.81 bits per heavy atom. The number of nitrogens with one attached hydrogen (secondary N) is 1. The molecule has 0 saturated heterocycles. The van der Waals surface area contributed by atoms with Gasteiger partial charge in [0, 0.05) is 0 Å². The van der Waals surface area contributed by atoms with E-state index < -0.39 is 0 Å². The van der Waals surface area contributed by atoms with Gasteiger partial charge in [-0.1, -0.05) is 25.5 Å². The lowest BCUT2D eigenvalue weighted by atomic mass is 10.2. The number of benzene rings is 2. The minimum atomic E-state index is -0.267. The summed E-state index contributed by atoms with van der Waals surface area (Å²) in [6, 6.07) is 12.7. The number of aromatic amines is 1. The van der Waals surface area contributed by atoms with E-state index in [0.717, 1.165) is 18.4 Å². The highest BCUT2D eigenvalue weighted by molar-refractivity contribution is 7.71. The van der Waals surface area contributed by atoms with Gasteiger partial charge in [-0.05, 0) is 54.5 Å². The van der Waals surface area contributed by atoms with E-state index in [9.17, 15) is 4.79 Å². The zero-order valence-electron chi connectivity index (χ0n) is 15.3. The summed E-state index contributed by atoms with van der Waals surface area (Å²) in [5.41, 5.74) is 1.19. The molecule has 7 heteroatoms. The smallest absolute Gasteiger partial charge is 0.282 e. The lowest BCUT2D eigenvalue weighted by Gasteiger charge is -2.10. The molecule has 0 radical (unpaired) electrons. The van der Waals surface area contributed by atoms with Crippen LogP contribution in [0.25, 0.3) is 10.9 Å². The number of rotatable bonds is 7. The number of nitrogens with zero attached hydrogens (tertiary/aromatic N) is 2. The summed E-state index contributed by atoms with van der Waals surface area (Å²) in [6.07, 6.45) is 3.61. The van der Waals surface area contributed by atoms with E-state index in [1.807, 2.05) is 30.3 Å². The second-order valence-electron chi connectivity index (χ2n) is 5.95. The maximum absolute atomic E-state index is 12.6. The average Bonchev–Trinajstić information content (AvgIpc) is 2.68. The monoisotopic (exact) mass is 383 g/mol. The van der Waals surface area contributed by atoms with Crippen LogP contribution in [0.2, 0.25) is 0 Å². The highest BCUT2D eigenvalue weighted by Crippen LogP contribution is 2.27. The Labute approximate surface area is 162 Å². The maximum Gasteiger partial charge on any atom is 0.282 e. The molecule has 0 aliphatic rings. The third-order valence-corrected chi connectivity index (χ3v) is 4.32. The number of ether oxygens (including phenoxy) is 2. The second kappa shape index (κ2) is 8.64. The van der Waals surface area contributed by atoms with Crippen molar-refractivity contribution < 1.29 is 9.47 Å². The van der Waals surface area contributed by atoms with E-state index in [1.165, 1.54) is 4.68 Å². The zero-order valence-corrected chi connectivity index (χ0v) is 16.1. The quantitative estimate of drug-likeness (QED) is 0.378. The number of hydrogen-bond acceptors (Lipinski definition) is 5. The molecule has 0 aliphatic heterocycles. The molecule has 0 amide bonds. The molecule has 3 rings (SSSR count). The van der Waals surface area contributed by atoms with Crippen LogP contribution in [0.5, 0.6) is 11.5 Å². The Balaban J connectivity index is 1.91. The number of fused-ring (bicyclic) bond motifs is 1. The number of aromatic nitrogens is 2. The van der Waals surface area contributed by atoms with Crippen LogP contribution in [0, 0.1) is 4.77 Å². The third kappa shape index (κ3) is 4.25. The minimum Gasteiger partial charge on any atom is -0.493 e. The second-order valence-corrected chi connectivity index (χ2v) is 6.34. The highest BCUT2D eigenvalue weighted by atomic mass is 32.1. The van der Waals surface area contributed by atoms with Gasteiger partial charge in [0.2, 0.25) is 4.77 Å². The fraction of sp³-hybridized carbons (Fsp3) is 0.250. The van der Waals surface area contributed by atoms with Gasteiger partial charge in [-0.3, -0.25) is 4.79 Å². The van der Waals surface area contributed by atoms with Crippen LogP contribution < -0.4 is 15.0 Å². The summed E-state index contributed by atoms with van der Waals surface area (Å²) in [5, 5.41) is 4.78. The highest BCUT2D eigenvalue weighted by Gasteiger charge is 2.06. The van der Waals surface area contributed by atoms with Crippen LogP contribution in [-0.4, -0.2) is 29.6 Å². The first-order chi connectivity index (χ1) is 13.1. The van der Waals surface area contributed by atoms with Crippen LogP contribution in [-0.2, 0) is 0 Å². The molecule has 1 N–H and O–H groups in total. The van der Waals surface area contributed by atoms with E-state index in [1.54, 1.807) is 25.5 Å². The molecule has 0 unspecified atom stereocenters. The first-order valence-electron chi connectivity index (χ1n) is 8.73. The van der Waals surface area contributed by atoms with Crippen LogP contribution in [0.4, 0.5) is 0 Å². The summed E-state index contributed by atoms with van der Waals surface area (Å²) in [4.78, 5) is 15.6. The predicted octanol–water partition coefficient (Wildman–Crippen LogP) is 4.13. The third-order valence-electron chi connectivity index (χ3n) is 4.05. The zero-order chi connectivity index (χ0) is 19.2. The van der Waals surface area contributed by atoms with Gasteiger partial charge < -0.3 is 14.5 Å². The van der Waals surface area contributed by atoms with Crippen LogP contribution >= 0.6 is 12.2 Å². The van der Waals surface area contributed by atoms with E-state index in [-0.39, 0.29) is 10.3 Å². The van der Waals surface area contributed by atoms with Gasteiger partial charge in [-0.2, -0.15) is 9.78 Å². The molecule has 0 saturated carbocycles. The lowest BCUT2D eigenvalue weighted by Crippen LogP contribution is -2.18.